The van der Waals surface area contributed by atoms with Gasteiger partial charge in [0, 0.05) is 55.9 Å². The third-order valence-corrected chi connectivity index (χ3v) is 0. The smallest absolute Gasteiger partial charge is 0 e. The molecule has 0 rings (SSSR count). The second kappa shape index (κ2) is 17.5. The summed E-state index contributed by atoms with van der Waals surface area (Å²) in [7, 11) is 0. The molecule has 4 heteroatoms. The van der Waals surface area contributed by atoms with Crippen LogP contribution in [-0.4, -0.2) is 25.8 Å². The Kier molecular flexibility index (Phi) is 133. The first-order chi connectivity index (χ1) is 0. The zero-order chi connectivity index (χ0) is 0. The van der Waals surface area contributed by atoms with Gasteiger partial charge in [0.05, 0.1) is 0 Å². The zero-order valence-electron chi connectivity index (χ0n) is 0.919. The molecule has 2 radical (unpaired) electrons. The summed E-state index contributed by atoms with van der Waals surface area (Å²) in [5.41, 5.74) is 0. The molecule has 0 aromatic carbocycles. The van der Waals surface area contributed by atoms with Crippen LogP contribution in [0.4, 0.5) is 0 Å². The fourth-order valence-electron chi connectivity index (χ4n) is 0. The first-order valence-corrected chi connectivity index (χ1v) is 0. The van der Waals surface area contributed by atoms with Crippen molar-refractivity contribution in [3.05, 3.63) is 0 Å². The average Bonchev–Trinajstić information content (AvgIpc) is 0. The van der Waals surface area contributed by atoms with Crippen molar-refractivity contribution in [3.8, 4) is 0 Å². The maximum absolute atomic E-state index is 0. The molecular formula is H3AgCuInNi. The van der Waals surface area contributed by atoms with Gasteiger partial charge in [0.2, 0.25) is 0 Å². The predicted molar refractivity (Wildman–Crippen MR) is 9.94 cm³/mol. The number of hydrogen-bond donors (Lipinski definition) is 0. The standard InChI is InChI=1S/Ag.Cu.In.Ni.3H. The Bertz CT molecular complexity index is 8.00. The van der Waals surface area contributed by atoms with Crippen molar-refractivity contribution in [2.24, 2.45) is 0 Å². The van der Waals surface area contributed by atoms with Gasteiger partial charge in [0.25, 0.3) is 0 Å². The van der Waals surface area contributed by atoms with Gasteiger partial charge < -0.3 is 0 Å². The van der Waals surface area contributed by atoms with Crippen LogP contribution >= 0.6 is 0 Å². The summed E-state index contributed by atoms with van der Waals surface area (Å²) < 4.78 is 0. The van der Waals surface area contributed by atoms with Gasteiger partial charge in [0.1, 0.15) is 0 Å². The van der Waals surface area contributed by atoms with Gasteiger partial charge in [-0.25, -0.2) is 0 Å². The van der Waals surface area contributed by atoms with Crippen molar-refractivity contribution in [2.45, 2.75) is 0 Å². The SMILES string of the molecule is [Ag].[Cu].[InH3].[Ni]. The zero-order valence-corrected chi connectivity index (χ0v) is 4.33. The van der Waals surface area contributed by atoms with Crippen molar-refractivity contribution in [2.75, 3.05) is 0 Å². The van der Waals surface area contributed by atoms with Crippen molar-refractivity contribution < 1.29 is 55.9 Å². The first-order valence-electron chi connectivity index (χ1n) is 0. The molecule has 4 heavy (non-hydrogen) atoms. The number of rotatable bonds is 0. The van der Waals surface area contributed by atoms with Crippen LogP contribution in [-0.2, 0) is 55.9 Å². The van der Waals surface area contributed by atoms with Gasteiger partial charge in [-0.05, 0) is 0 Å². The van der Waals surface area contributed by atoms with E-state index in [9.17, 15) is 0 Å². The van der Waals surface area contributed by atoms with Gasteiger partial charge in [-0.3, -0.25) is 0 Å². The Balaban J connectivity index is 0. The maximum atomic E-state index is 0. The van der Waals surface area contributed by atoms with Crippen LogP contribution in [0.15, 0.2) is 0 Å². The minimum atomic E-state index is 0. The third-order valence-electron chi connectivity index (χ3n) is 0. The monoisotopic (exact) mass is 346 g/mol. The Morgan fingerprint density at radius 2 is 1.00 bits per heavy atom. The van der Waals surface area contributed by atoms with E-state index in [4.69, 9.17) is 0 Å². The Morgan fingerprint density at radius 3 is 1.00 bits per heavy atom. The van der Waals surface area contributed by atoms with Gasteiger partial charge in [-0.2, -0.15) is 0 Å². The molecule has 0 aliphatic heterocycles. The fourth-order valence-corrected chi connectivity index (χ4v) is 0. The Hall–Kier alpha value is 2.62. The molecule has 0 saturated heterocycles. The molecule has 0 atom stereocenters. The molecular weight excluding hydrogens is 345 g/mol. The van der Waals surface area contributed by atoms with Gasteiger partial charge in [-0.1, -0.05) is 0 Å². The van der Waals surface area contributed by atoms with Gasteiger partial charge in [0.15, 0.2) is 0 Å². The molecule has 0 N–H and O–H groups in total. The van der Waals surface area contributed by atoms with E-state index in [1.807, 2.05) is 0 Å². The van der Waals surface area contributed by atoms with Crippen LogP contribution in [0.25, 0.3) is 0 Å². The molecule has 0 unspecified atom stereocenters. The topological polar surface area (TPSA) is 0 Å². The molecule has 0 spiro atoms. The molecule has 0 aliphatic carbocycles. The Labute approximate surface area is 80.6 Å². The predicted octanol–water partition coefficient (Wildman–Crippen LogP) is -1.19. The van der Waals surface area contributed by atoms with Crippen molar-refractivity contribution in [3.63, 3.8) is 0 Å². The van der Waals surface area contributed by atoms with Crippen molar-refractivity contribution in [1.82, 2.24) is 0 Å². The van der Waals surface area contributed by atoms with Crippen LogP contribution in [0.1, 0.15) is 0 Å². The molecule has 0 nitrogen and oxygen atoms in total. The summed E-state index contributed by atoms with van der Waals surface area (Å²) in [6.45, 7) is 0. The molecule has 0 heterocycles. The fraction of sp³-hybridized carbons (Fsp3) is 0. The normalized spacial score (nSPS) is 0. The van der Waals surface area contributed by atoms with Crippen LogP contribution in [0.2, 0.25) is 0 Å². The molecule has 0 bridgehead atoms. The summed E-state index contributed by atoms with van der Waals surface area (Å²) >= 11 is 0. The summed E-state index contributed by atoms with van der Waals surface area (Å²) in [6.07, 6.45) is 0. The minimum absolute atomic E-state index is 0. The Morgan fingerprint density at radius 1 is 1.00 bits per heavy atom. The van der Waals surface area contributed by atoms with Gasteiger partial charge >= 0.3 is 25.8 Å². The third kappa shape index (κ3) is 8.82. The summed E-state index contributed by atoms with van der Waals surface area (Å²) in [4.78, 5) is 0. The van der Waals surface area contributed by atoms with E-state index in [0.29, 0.717) is 0 Å². The summed E-state index contributed by atoms with van der Waals surface area (Å²) in [5.74, 6) is 0. The van der Waals surface area contributed by atoms with Crippen molar-refractivity contribution in [1.29, 1.82) is 0 Å². The van der Waals surface area contributed by atoms with E-state index >= 15 is 0 Å². The molecule has 0 aliphatic rings. The molecule has 0 fully saturated rings. The van der Waals surface area contributed by atoms with E-state index in [1.165, 1.54) is 0 Å². The van der Waals surface area contributed by atoms with Gasteiger partial charge in [-0.15, -0.1) is 0 Å². The quantitative estimate of drug-likeness (QED) is 0.483. The molecule has 0 saturated carbocycles. The largest absolute Gasteiger partial charge is 0 e. The van der Waals surface area contributed by atoms with E-state index < -0.39 is 0 Å². The summed E-state index contributed by atoms with van der Waals surface area (Å²) in [6, 6.07) is 0. The van der Waals surface area contributed by atoms with E-state index in [2.05, 4.69) is 0 Å². The molecule has 0 aromatic rings. The van der Waals surface area contributed by atoms with Crippen LogP contribution in [0.3, 0.4) is 0 Å². The second-order valence-corrected chi connectivity index (χ2v) is 0. The van der Waals surface area contributed by atoms with Crippen LogP contribution < -0.4 is 0 Å². The molecule has 0 amide bonds. The van der Waals surface area contributed by atoms with Crippen molar-refractivity contribution >= 4 is 25.8 Å². The second-order valence-electron chi connectivity index (χ2n) is 0. The number of hydrogen-bond acceptors (Lipinski definition) is 0. The first kappa shape index (κ1) is 30.4. The van der Waals surface area contributed by atoms with Crippen LogP contribution in [0, 0.1) is 0 Å². The average molecular weight is 348 g/mol. The summed E-state index contributed by atoms with van der Waals surface area (Å²) in [5, 5.41) is 0. The van der Waals surface area contributed by atoms with E-state index in [-0.39, 0.29) is 81.8 Å². The van der Waals surface area contributed by atoms with E-state index in [0.717, 1.165) is 0 Å². The molecule has 38 valence electrons. The van der Waals surface area contributed by atoms with Crippen LogP contribution in [0.5, 0.6) is 0 Å². The minimum Gasteiger partial charge on any atom is 0 e. The molecule has 0 aromatic heterocycles. The van der Waals surface area contributed by atoms with E-state index in [1.54, 1.807) is 0 Å². The maximum Gasteiger partial charge on any atom is 0 e.